The molecule has 1 aromatic rings. The molecular weight excluding hydrogens is 358 g/mol. The number of benzene rings is 1. The number of nitrogens with zero attached hydrogens (tertiary/aromatic N) is 2. The molecule has 0 bridgehead atoms. The largest absolute Gasteiger partial charge is 0.497 e. The predicted octanol–water partition coefficient (Wildman–Crippen LogP) is 1.77. The van der Waals surface area contributed by atoms with Crippen molar-refractivity contribution in [2.24, 2.45) is 11.7 Å². The fourth-order valence-corrected chi connectivity index (χ4v) is 4.88. The van der Waals surface area contributed by atoms with Crippen LogP contribution in [0.25, 0.3) is 0 Å². The predicted molar refractivity (Wildman–Crippen MR) is 92.0 cm³/mol. The number of nitro benzene ring substituents is 1. The lowest BCUT2D eigenvalue weighted by Gasteiger charge is -2.38. The highest BCUT2D eigenvalue weighted by molar-refractivity contribution is 7.89. The number of methoxy groups -OCH3 is 1. The molecule has 1 aliphatic heterocycles. The van der Waals surface area contributed by atoms with Gasteiger partial charge >= 0.3 is 0 Å². The fraction of sp³-hybridized carbons (Fsp3) is 0.571. The zero-order valence-corrected chi connectivity index (χ0v) is 15.2. The van der Waals surface area contributed by atoms with Gasteiger partial charge in [0.05, 0.1) is 18.1 Å². The average molecular weight is 380 g/mol. The number of halogens is 1. The quantitative estimate of drug-likeness (QED) is 0.615. The van der Waals surface area contributed by atoms with Crippen LogP contribution in [0.15, 0.2) is 23.1 Å². The Balaban J connectivity index is 0.00000288. The van der Waals surface area contributed by atoms with E-state index in [-0.39, 0.29) is 41.6 Å². The lowest BCUT2D eigenvalue weighted by atomic mass is 9.93. The topological polar surface area (TPSA) is 116 Å². The summed E-state index contributed by atoms with van der Waals surface area (Å²) in [6.45, 7) is 2.45. The molecule has 24 heavy (non-hydrogen) atoms. The highest BCUT2D eigenvalue weighted by Crippen LogP contribution is 2.34. The SMILES string of the molecule is COc1ccc(S(=O)(=O)N2CCCC(C)C2CN)c([N+](=O)[O-])c1.Cl. The van der Waals surface area contributed by atoms with Crippen molar-refractivity contribution in [3.05, 3.63) is 28.3 Å². The minimum absolute atomic E-state index is 0. The Kier molecular flexibility index (Phi) is 6.97. The lowest BCUT2D eigenvalue weighted by molar-refractivity contribution is -0.387. The third-order valence-corrected chi connectivity index (χ3v) is 6.23. The Morgan fingerprint density at radius 1 is 1.46 bits per heavy atom. The molecule has 2 unspecified atom stereocenters. The van der Waals surface area contributed by atoms with Crippen LogP contribution < -0.4 is 10.5 Å². The molecule has 0 saturated carbocycles. The number of nitrogens with two attached hydrogens (primary N) is 1. The lowest BCUT2D eigenvalue weighted by Crippen LogP contribution is -2.51. The van der Waals surface area contributed by atoms with Crippen LogP contribution in [0.1, 0.15) is 19.8 Å². The third kappa shape index (κ3) is 3.80. The monoisotopic (exact) mass is 379 g/mol. The molecule has 1 aromatic carbocycles. The summed E-state index contributed by atoms with van der Waals surface area (Å²) in [4.78, 5) is 10.2. The van der Waals surface area contributed by atoms with Gasteiger partial charge in [0.25, 0.3) is 5.69 Å². The van der Waals surface area contributed by atoms with Gasteiger partial charge in [-0.2, -0.15) is 4.31 Å². The summed E-state index contributed by atoms with van der Waals surface area (Å²) in [5, 5.41) is 11.3. The summed E-state index contributed by atoms with van der Waals surface area (Å²) < 4.78 is 32.2. The van der Waals surface area contributed by atoms with E-state index >= 15 is 0 Å². The van der Waals surface area contributed by atoms with Crippen molar-refractivity contribution in [3.63, 3.8) is 0 Å². The normalized spacial score (nSPS) is 21.8. The molecule has 1 aliphatic rings. The minimum atomic E-state index is -4.00. The first kappa shape index (κ1) is 20.6. The van der Waals surface area contributed by atoms with E-state index < -0.39 is 20.6 Å². The van der Waals surface area contributed by atoms with E-state index in [0.29, 0.717) is 13.0 Å². The molecule has 1 heterocycles. The number of sulfonamides is 1. The Hall–Kier alpha value is -1.42. The van der Waals surface area contributed by atoms with E-state index in [4.69, 9.17) is 10.5 Å². The van der Waals surface area contributed by atoms with Gasteiger partial charge < -0.3 is 10.5 Å². The van der Waals surface area contributed by atoms with Crippen LogP contribution in [-0.2, 0) is 10.0 Å². The molecule has 8 nitrogen and oxygen atoms in total. The zero-order valence-electron chi connectivity index (χ0n) is 13.5. The van der Waals surface area contributed by atoms with Gasteiger partial charge in [0.15, 0.2) is 4.90 Å². The second-order valence-electron chi connectivity index (χ2n) is 5.63. The molecule has 0 amide bonds. The first-order valence-corrected chi connectivity index (χ1v) is 8.81. The molecule has 0 radical (unpaired) electrons. The van der Waals surface area contributed by atoms with Crippen molar-refractivity contribution in [3.8, 4) is 5.75 Å². The van der Waals surface area contributed by atoms with Crippen LogP contribution in [-0.4, -0.2) is 43.9 Å². The highest BCUT2D eigenvalue weighted by atomic mass is 35.5. The number of piperidine rings is 1. The van der Waals surface area contributed by atoms with Gasteiger partial charge in [0.1, 0.15) is 5.75 Å². The number of ether oxygens (including phenoxy) is 1. The summed E-state index contributed by atoms with van der Waals surface area (Å²) in [6.07, 6.45) is 1.60. The first-order valence-electron chi connectivity index (χ1n) is 7.37. The van der Waals surface area contributed by atoms with Crippen LogP contribution in [0.4, 0.5) is 5.69 Å². The Bertz CT molecular complexity index is 698. The average Bonchev–Trinajstić information content (AvgIpc) is 2.53. The van der Waals surface area contributed by atoms with Crippen LogP contribution in [0, 0.1) is 16.0 Å². The molecule has 0 spiro atoms. The molecule has 2 atom stereocenters. The molecule has 1 saturated heterocycles. The highest BCUT2D eigenvalue weighted by Gasteiger charge is 2.39. The maximum atomic E-state index is 13.0. The molecule has 136 valence electrons. The van der Waals surface area contributed by atoms with Crippen LogP contribution >= 0.6 is 12.4 Å². The molecule has 10 heteroatoms. The summed E-state index contributed by atoms with van der Waals surface area (Å²) in [5.41, 5.74) is 5.25. The van der Waals surface area contributed by atoms with Crippen molar-refractivity contribution in [1.29, 1.82) is 0 Å². The van der Waals surface area contributed by atoms with Crippen LogP contribution in [0.2, 0.25) is 0 Å². The summed E-state index contributed by atoms with van der Waals surface area (Å²) in [6, 6.07) is 3.40. The van der Waals surface area contributed by atoms with Gasteiger partial charge in [-0.25, -0.2) is 8.42 Å². The van der Waals surface area contributed by atoms with Crippen LogP contribution in [0.3, 0.4) is 0 Å². The number of rotatable bonds is 5. The van der Waals surface area contributed by atoms with Gasteiger partial charge in [-0.3, -0.25) is 10.1 Å². The van der Waals surface area contributed by atoms with Crippen LogP contribution in [0.5, 0.6) is 5.75 Å². The fourth-order valence-electron chi connectivity index (χ4n) is 2.97. The Morgan fingerprint density at radius 2 is 2.12 bits per heavy atom. The van der Waals surface area contributed by atoms with Gasteiger partial charge in [-0.05, 0) is 30.9 Å². The van der Waals surface area contributed by atoms with E-state index in [0.717, 1.165) is 12.5 Å². The number of hydrogen-bond donors (Lipinski definition) is 1. The molecule has 1 fully saturated rings. The van der Waals surface area contributed by atoms with Gasteiger partial charge in [0.2, 0.25) is 10.0 Å². The first-order chi connectivity index (χ1) is 10.8. The molecular formula is C14H22ClN3O5S. The zero-order chi connectivity index (χ0) is 17.2. The van der Waals surface area contributed by atoms with Crippen molar-refractivity contribution in [2.45, 2.75) is 30.7 Å². The summed E-state index contributed by atoms with van der Waals surface area (Å²) in [5.74, 6) is 0.346. The maximum absolute atomic E-state index is 13.0. The maximum Gasteiger partial charge on any atom is 0.293 e. The van der Waals surface area contributed by atoms with Gasteiger partial charge in [0, 0.05) is 19.1 Å². The van der Waals surface area contributed by atoms with Crippen molar-refractivity contribution >= 4 is 28.1 Å². The van der Waals surface area contributed by atoms with E-state index in [1.807, 2.05) is 6.92 Å². The van der Waals surface area contributed by atoms with Crippen molar-refractivity contribution in [1.82, 2.24) is 4.31 Å². The second kappa shape index (κ2) is 8.11. The van der Waals surface area contributed by atoms with E-state index in [1.165, 1.54) is 23.5 Å². The minimum Gasteiger partial charge on any atom is -0.497 e. The smallest absolute Gasteiger partial charge is 0.293 e. The number of nitro groups is 1. The molecule has 2 N–H and O–H groups in total. The van der Waals surface area contributed by atoms with Gasteiger partial charge in [-0.15, -0.1) is 12.4 Å². The second-order valence-corrected chi connectivity index (χ2v) is 7.49. The standard InChI is InChI=1S/C14H21N3O5S.ClH/c1-10-4-3-7-16(13(10)9-15)23(20,21)14-6-5-11(22-2)8-12(14)17(18)19;/h5-6,8,10,13H,3-4,7,9,15H2,1-2H3;1H. The summed E-state index contributed by atoms with van der Waals surface area (Å²) >= 11 is 0. The molecule has 2 rings (SSSR count). The molecule has 0 aliphatic carbocycles. The molecule has 0 aromatic heterocycles. The van der Waals surface area contributed by atoms with E-state index in [9.17, 15) is 18.5 Å². The van der Waals surface area contributed by atoms with E-state index in [1.54, 1.807) is 0 Å². The number of hydrogen-bond acceptors (Lipinski definition) is 6. The summed E-state index contributed by atoms with van der Waals surface area (Å²) in [7, 11) is -2.64. The third-order valence-electron chi connectivity index (χ3n) is 4.26. The van der Waals surface area contributed by atoms with E-state index in [2.05, 4.69) is 0 Å². The van der Waals surface area contributed by atoms with Gasteiger partial charge in [-0.1, -0.05) is 6.92 Å². The van der Waals surface area contributed by atoms with Crippen molar-refractivity contribution in [2.75, 3.05) is 20.2 Å². The Labute approximate surface area is 147 Å². The van der Waals surface area contributed by atoms with Crippen molar-refractivity contribution < 1.29 is 18.1 Å². The Morgan fingerprint density at radius 3 is 2.67 bits per heavy atom.